The minimum Gasteiger partial charge on any atom is -0.344 e. The van der Waals surface area contributed by atoms with Crippen LogP contribution in [-0.4, -0.2) is 34.0 Å². The van der Waals surface area contributed by atoms with Gasteiger partial charge >= 0.3 is 0 Å². The summed E-state index contributed by atoms with van der Waals surface area (Å²) in [5, 5.41) is 14.7. The van der Waals surface area contributed by atoms with E-state index < -0.39 is 0 Å². The topological polar surface area (TPSA) is 71.8 Å². The molecule has 2 aliphatic rings. The van der Waals surface area contributed by atoms with Crippen LogP contribution in [0.3, 0.4) is 0 Å². The zero-order valence-corrected chi connectivity index (χ0v) is 16.6. The van der Waals surface area contributed by atoms with Crippen LogP contribution in [-0.2, 0) is 0 Å². The molecule has 0 spiro atoms. The summed E-state index contributed by atoms with van der Waals surface area (Å²) in [6, 6.07) is 6.63. The van der Waals surface area contributed by atoms with Crippen molar-refractivity contribution in [3.63, 3.8) is 0 Å². The van der Waals surface area contributed by atoms with Crippen LogP contribution in [0.25, 0.3) is 0 Å². The molecular weight excluding hydrogens is 381 g/mol. The Morgan fingerprint density at radius 2 is 1.96 bits per heavy atom. The maximum absolute atomic E-state index is 13.7. The van der Waals surface area contributed by atoms with E-state index in [1.54, 1.807) is 12.3 Å². The Bertz CT molecular complexity index is 786. The highest BCUT2D eigenvalue weighted by atomic mass is 35.5. The molecule has 6 nitrogen and oxygen atoms in total. The van der Waals surface area contributed by atoms with Gasteiger partial charge in [-0.1, -0.05) is 30.2 Å². The number of piperidine rings is 1. The van der Waals surface area contributed by atoms with Gasteiger partial charge in [0, 0.05) is 0 Å². The van der Waals surface area contributed by atoms with E-state index in [1.165, 1.54) is 12.1 Å². The maximum atomic E-state index is 13.7. The summed E-state index contributed by atoms with van der Waals surface area (Å²) in [6.07, 6.45) is 8.10. The molecule has 1 saturated heterocycles. The lowest BCUT2D eigenvalue weighted by Gasteiger charge is -2.25. The molecule has 1 saturated carbocycles. The van der Waals surface area contributed by atoms with Crippen LogP contribution in [0, 0.1) is 11.7 Å². The van der Waals surface area contributed by atoms with Crippen LogP contribution < -0.4 is 10.6 Å². The van der Waals surface area contributed by atoms with Gasteiger partial charge < -0.3 is 10.6 Å². The summed E-state index contributed by atoms with van der Waals surface area (Å²) in [5.74, 6) is -0.187. The maximum Gasteiger partial charge on any atom is 0.273 e. The molecule has 8 heteroatoms. The smallest absolute Gasteiger partial charge is 0.273 e. The van der Waals surface area contributed by atoms with Crippen LogP contribution in [0.5, 0.6) is 0 Å². The predicted molar refractivity (Wildman–Crippen MR) is 107 cm³/mol. The minimum absolute atomic E-state index is 0. The number of hydrogen-bond acceptors (Lipinski definition) is 4. The first-order chi connectivity index (χ1) is 13.2. The minimum atomic E-state index is -0.276. The summed E-state index contributed by atoms with van der Waals surface area (Å²) in [5.41, 5.74) is 1.15. The molecule has 0 radical (unpaired) electrons. The molecule has 1 atom stereocenters. The van der Waals surface area contributed by atoms with E-state index in [2.05, 4.69) is 20.9 Å². The molecule has 1 aliphatic heterocycles. The Hall–Kier alpha value is -1.99. The van der Waals surface area contributed by atoms with Crippen molar-refractivity contribution in [2.24, 2.45) is 5.92 Å². The monoisotopic (exact) mass is 407 g/mol. The normalized spacial score (nSPS) is 19.2. The van der Waals surface area contributed by atoms with Crippen molar-refractivity contribution in [2.45, 2.75) is 50.6 Å². The van der Waals surface area contributed by atoms with Gasteiger partial charge in [0.15, 0.2) is 5.69 Å². The zero-order valence-electron chi connectivity index (χ0n) is 15.8. The van der Waals surface area contributed by atoms with E-state index in [1.807, 2.05) is 10.7 Å². The standard InChI is InChI=1S/C20H26FN5O.ClH/c21-16-7-3-6-15(12-16)19(14-4-1-2-5-14)23-20(27)18-13-26(25-24-18)17-8-10-22-11-9-17;/h3,6-7,12-14,17,19,22H,1-2,4-5,8-11H2,(H,23,27);1H. The lowest BCUT2D eigenvalue weighted by molar-refractivity contribution is 0.0916. The Morgan fingerprint density at radius 3 is 2.68 bits per heavy atom. The van der Waals surface area contributed by atoms with Crippen molar-refractivity contribution >= 4 is 18.3 Å². The third-order valence-corrected chi connectivity index (χ3v) is 5.79. The molecule has 2 fully saturated rings. The molecule has 2 N–H and O–H groups in total. The van der Waals surface area contributed by atoms with Crippen molar-refractivity contribution in [2.75, 3.05) is 13.1 Å². The SMILES string of the molecule is Cl.O=C(NC(c1cccc(F)c1)C1CCCC1)c1cn(C2CCNCC2)nn1. The number of aromatic nitrogens is 3. The van der Waals surface area contributed by atoms with Crippen molar-refractivity contribution in [3.8, 4) is 0 Å². The van der Waals surface area contributed by atoms with Gasteiger partial charge in [-0.15, -0.1) is 17.5 Å². The lowest BCUT2D eigenvalue weighted by atomic mass is 9.91. The summed E-state index contributed by atoms with van der Waals surface area (Å²) in [6.45, 7) is 1.91. The summed E-state index contributed by atoms with van der Waals surface area (Å²) < 4.78 is 15.5. The molecule has 2 aromatic rings. The fraction of sp³-hybridized carbons (Fsp3) is 0.550. The van der Waals surface area contributed by atoms with Gasteiger partial charge in [0.05, 0.1) is 18.3 Å². The van der Waals surface area contributed by atoms with Gasteiger partial charge in [-0.05, 0) is 62.4 Å². The largest absolute Gasteiger partial charge is 0.344 e. The number of hydrogen-bond donors (Lipinski definition) is 2. The second-order valence-corrected chi connectivity index (χ2v) is 7.62. The van der Waals surface area contributed by atoms with Crippen LogP contribution in [0.4, 0.5) is 4.39 Å². The number of rotatable bonds is 5. The molecule has 28 heavy (non-hydrogen) atoms. The molecule has 152 valence electrons. The van der Waals surface area contributed by atoms with Crippen LogP contribution in [0.2, 0.25) is 0 Å². The van der Waals surface area contributed by atoms with Crippen LogP contribution in [0.1, 0.15) is 66.7 Å². The van der Waals surface area contributed by atoms with E-state index >= 15 is 0 Å². The first kappa shape index (κ1) is 20.7. The quantitative estimate of drug-likeness (QED) is 0.796. The summed E-state index contributed by atoms with van der Waals surface area (Å²) in [4.78, 5) is 12.8. The van der Waals surface area contributed by atoms with Gasteiger partial charge in [0.2, 0.25) is 0 Å². The first-order valence-electron chi connectivity index (χ1n) is 9.89. The third kappa shape index (κ3) is 4.70. The van der Waals surface area contributed by atoms with E-state index in [4.69, 9.17) is 0 Å². The number of carbonyl (C=O) groups is 1. The van der Waals surface area contributed by atoms with Crippen LogP contribution >= 0.6 is 12.4 Å². The van der Waals surface area contributed by atoms with Gasteiger partial charge in [0.1, 0.15) is 5.82 Å². The number of halogens is 2. The molecule has 2 heterocycles. The second-order valence-electron chi connectivity index (χ2n) is 7.62. The number of nitrogens with one attached hydrogen (secondary N) is 2. The van der Waals surface area contributed by atoms with Gasteiger partial charge in [-0.3, -0.25) is 4.79 Å². The average Bonchev–Trinajstić information content (AvgIpc) is 3.39. The Morgan fingerprint density at radius 1 is 1.21 bits per heavy atom. The highest BCUT2D eigenvalue weighted by molar-refractivity contribution is 5.92. The van der Waals surface area contributed by atoms with E-state index in [-0.39, 0.29) is 36.2 Å². The fourth-order valence-corrected chi connectivity index (χ4v) is 4.31. The van der Waals surface area contributed by atoms with Crippen molar-refractivity contribution < 1.29 is 9.18 Å². The molecular formula is C20H27ClFN5O. The van der Waals surface area contributed by atoms with E-state index in [0.29, 0.717) is 11.6 Å². The molecule has 1 amide bonds. The molecule has 1 aliphatic carbocycles. The molecule has 1 unspecified atom stereocenters. The zero-order chi connectivity index (χ0) is 18.6. The van der Waals surface area contributed by atoms with E-state index in [0.717, 1.165) is 57.2 Å². The number of nitrogens with zero attached hydrogens (tertiary/aromatic N) is 3. The summed E-state index contributed by atoms with van der Waals surface area (Å²) >= 11 is 0. The van der Waals surface area contributed by atoms with Gasteiger partial charge in [0.25, 0.3) is 5.91 Å². The number of amides is 1. The molecule has 4 rings (SSSR count). The highest BCUT2D eigenvalue weighted by Gasteiger charge is 2.29. The van der Waals surface area contributed by atoms with Gasteiger partial charge in [-0.2, -0.15) is 0 Å². The highest BCUT2D eigenvalue weighted by Crippen LogP contribution is 2.36. The summed E-state index contributed by atoms with van der Waals surface area (Å²) in [7, 11) is 0. The van der Waals surface area contributed by atoms with Crippen molar-refractivity contribution in [3.05, 3.63) is 47.5 Å². The fourth-order valence-electron chi connectivity index (χ4n) is 4.31. The van der Waals surface area contributed by atoms with Crippen LogP contribution in [0.15, 0.2) is 30.5 Å². The van der Waals surface area contributed by atoms with Crippen molar-refractivity contribution in [1.82, 2.24) is 25.6 Å². The van der Waals surface area contributed by atoms with Gasteiger partial charge in [-0.25, -0.2) is 9.07 Å². The Kier molecular flexibility index (Phi) is 7.02. The lowest BCUT2D eigenvalue weighted by Crippen LogP contribution is -2.33. The average molecular weight is 408 g/mol. The molecule has 1 aromatic carbocycles. The molecule has 0 bridgehead atoms. The third-order valence-electron chi connectivity index (χ3n) is 5.79. The second kappa shape index (κ2) is 9.47. The molecule has 1 aromatic heterocycles. The van der Waals surface area contributed by atoms with Crippen molar-refractivity contribution in [1.29, 1.82) is 0 Å². The Balaban J connectivity index is 0.00000225. The predicted octanol–water partition coefficient (Wildman–Crippen LogP) is 3.42. The Labute approximate surface area is 170 Å². The number of carbonyl (C=O) groups excluding carboxylic acids is 1. The van der Waals surface area contributed by atoms with E-state index in [9.17, 15) is 9.18 Å². The number of benzene rings is 1. The first-order valence-corrected chi connectivity index (χ1v) is 9.89.